The van der Waals surface area contributed by atoms with E-state index >= 15 is 0 Å². The van der Waals surface area contributed by atoms with Crippen molar-refractivity contribution in [3.63, 3.8) is 0 Å². The molecule has 0 aliphatic rings. The molecule has 0 saturated carbocycles. The van der Waals surface area contributed by atoms with E-state index in [1.54, 1.807) is 29.8 Å². The summed E-state index contributed by atoms with van der Waals surface area (Å²) < 4.78 is 15.7. The zero-order valence-electron chi connectivity index (χ0n) is 15.9. The Kier molecular flexibility index (Phi) is 5.04. The number of carbonyl (C=O) groups is 1. The molecule has 0 atom stereocenters. The second-order valence-corrected chi connectivity index (χ2v) is 7.51. The summed E-state index contributed by atoms with van der Waals surface area (Å²) in [5, 5.41) is 17.0. The number of aromatic nitrogens is 2. The largest absolute Gasteiger partial charge is 0.396 e. The van der Waals surface area contributed by atoms with E-state index in [-0.39, 0.29) is 27.6 Å². The number of hydrogen-bond acceptors (Lipinski definition) is 6. The third kappa shape index (κ3) is 3.32. The molecule has 3 N–H and O–H groups in total. The third-order valence-electron chi connectivity index (χ3n) is 4.64. The molecule has 0 radical (unpaired) electrons. The molecular weight excluding hydrogens is 401 g/mol. The number of nitrogens with two attached hydrogens (primary N) is 1. The van der Waals surface area contributed by atoms with Crippen LogP contribution >= 0.6 is 11.3 Å². The van der Waals surface area contributed by atoms with E-state index < -0.39 is 5.82 Å². The number of carbonyl (C=O) groups excluding carboxylic acids is 1. The van der Waals surface area contributed by atoms with Gasteiger partial charge in [0.25, 0.3) is 0 Å². The summed E-state index contributed by atoms with van der Waals surface area (Å²) in [5.74, 6) is -0.809. The Hall–Kier alpha value is -3.96. The van der Waals surface area contributed by atoms with Crippen molar-refractivity contribution < 1.29 is 9.18 Å². The molecule has 0 unspecified atom stereocenters. The van der Waals surface area contributed by atoms with Gasteiger partial charge in [-0.25, -0.2) is 9.07 Å². The third-order valence-corrected chi connectivity index (χ3v) is 5.76. The van der Waals surface area contributed by atoms with E-state index in [9.17, 15) is 14.4 Å². The van der Waals surface area contributed by atoms with Gasteiger partial charge in [-0.15, -0.1) is 11.3 Å². The van der Waals surface area contributed by atoms with Crippen LogP contribution in [0, 0.1) is 24.1 Å². The first-order chi connectivity index (χ1) is 14.5. The van der Waals surface area contributed by atoms with Gasteiger partial charge in [0.05, 0.1) is 34.5 Å². The maximum atomic E-state index is 14.0. The number of benzene rings is 2. The van der Waals surface area contributed by atoms with Gasteiger partial charge >= 0.3 is 0 Å². The van der Waals surface area contributed by atoms with Crippen molar-refractivity contribution in [1.29, 1.82) is 5.26 Å². The van der Waals surface area contributed by atoms with Crippen LogP contribution in [0.25, 0.3) is 5.69 Å². The zero-order valence-corrected chi connectivity index (χ0v) is 16.7. The Morgan fingerprint density at radius 3 is 2.60 bits per heavy atom. The number of nitrogens with zero attached hydrogens (tertiary/aromatic N) is 3. The van der Waals surface area contributed by atoms with Crippen LogP contribution in [0.4, 0.5) is 20.8 Å². The molecule has 4 rings (SSSR count). The first-order valence-electron chi connectivity index (χ1n) is 9.00. The van der Waals surface area contributed by atoms with Crippen LogP contribution in [0.1, 0.15) is 26.5 Å². The lowest BCUT2D eigenvalue weighted by Gasteiger charge is -2.05. The fourth-order valence-corrected chi connectivity index (χ4v) is 4.12. The number of thiophene rings is 1. The van der Waals surface area contributed by atoms with Crippen LogP contribution in [0.2, 0.25) is 0 Å². The first-order valence-corrected chi connectivity index (χ1v) is 9.81. The average molecular weight is 417 g/mol. The molecule has 8 heteroatoms. The summed E-state index contributed by atoms with van der Waals surface area (Å²) in [6.45, 7) is 1.79. The van der Waals surface area contributed by atoms with Crippen LogP contribution in [0.3, 0.4) is 0 Å². The number of para-hydroxylation sites is 2. The molecule has 0 saturated heterocycles. The van der Waals surface area contributed by atoms with Crippen LogP contribution in [-0.2, 0) is 0 Å². The maximum absolute atomic E-state index is 14.0. The monoisotopic (exact) mass is 417 g/mol. The van der Waals surface area contributed by atoms with Crippen molar-refractivity contribution in [2.24, 2.45) is 0 Å². The minimum absolute atomic E-state index is 0.0678. The fourth-order valence-electron chi connectivity index (χ4n) is 3.08. The van der Waals surface area contributed by atoms with E-state index in [0.29, 0.717) is 16.3 Å². The van der Waals surface area contributed by atoms with Crippen LogP contribution in [0.5, 0.6) is 0 Å². The summed E-state index contributed by atoms with van der Waals surface area (Å²) in [7, 11) is 0. The van der Waals surface area contributed by atoms with Gasteiger partial charge in [-0.3, -0.25) is 4.79 Å². The predicted octanol–water partition coefficient (Wildman–Crippen LogP) is 4.81. The Bertz CT molecular complexity index is 1290. The van der Waals surface area contributed by atoms with Gasteiger partial charge in [-0.2, -0.15) is 10.4 Å². The number of nitrogens with one attached hydrogen (secondary N) is 1. The average Bonchev–Trinajstić information content (AvgIpc) is 3.29. The molecule has 6 nitrogen and oxygen atoms in total. The molecule has 30 heavy (non-hydrogen) atoms. The fraction of sp³-hybridized carbons (Fsp3) is 0.0455. The summed E-state index contributed by atoms with van der Waals surface area (Å²) in [6, 6.07) is 17.5. The predicted molar refractivity (Wildman–Crippen MR) is 115 cm³/mol. The number of halogens is 1. The number of anilines is 3. The van der Waals surface area contributed by atoms with Gasteiger partial charge < -0.3 is 11.1 Å². The van der Waals surface area contributed by atoms with E-state index in [1.807, 2.05) is 36.4 Å². The lowest BCUT2D eigenvalue weighted by Crippen LogP contribution is -2.05. The summed E-state index contributed by atoms with van der Waals surface area (Å²) in [4.78, 5) is 13.4. The highest BCUT2D eigenvalue weighted by atomic mass is 32.1. The minimum Gasteiger partial charge on any atom is -0.396 e. The second kappa shape index (κ2) is 7.81. The van der Waals surface area contributed by atoms with Gasteiger partial charge in [-0.05, 0) is 31.2 Å². The number of hydrogen-bond donors (Lipinski definition) is 2. The van der Waals surface area contributed by atoms with Crippen LogP contribution < -0.4 is 11.1 Å². The highest BCUT2D eigenvalue weighted by molar-refractivity contribution is 7.19. The molecule has 0 spiro atoms. The molecule has 2 aromatic heterocycles. The molecule has 0 aliphatic heterocycles. The highest BCUT2D eigenvalue weighted by Crippen LogP contribution is 2.39. The number of nitriles is 1. The maximum Gasteiger partial charge on any atom is 0.208 e. The molecular formula is C22H16FN5OS. The van der Waals surface area contributed by atoms with Gasteiger partial charge in [-0.1, -0.05) is 30.3 Å². The van der Waals surface area contributed by atoms with Gasteiger partial charge in [0.1, 0.15) is 27.3 Å². The van der Waals surface area contributed by atoms with Crippen molar-refractivity contribution in [2.45, 2.75) is 6.92 Å². The van der Waals surface area contributed by atoms with E-state index in [2.05, 4.69) is 10.4 Å². The molecule has 0 bridgehead atoms. The van der Waals surface area contributed by atoms with Crippen molar-refractivity contribution in [2.75, 3.05) is 11.1 Å². The van der Waals surface area contributed by atoms with Crippen molar-refractivity contribution >= 4 is 33.5 Å². The van der Waals surface area contributed by atoms with E-state index in [0.717, 1.165) is 17.0 Å². The molecule has 2 heterocycles. The lowest BCUT2D eigenvalue weighted by molar-refractivity contribution is 0.104. The lowest BCUT2D eigenvalue weighted by atomic mass is 10.1. The summed E-state index contributed by atoms with van der Waals surface area (Å²) in [6.07, 6.45) is 1.49. The first kappa shape index (κ1) is 19.4. The Balaban J connectivity index is 1.72. The number of ketones is 1. The summed E-state index contributed by atoms with van der Waals surface area (Å²) in [5.41, 5.74) is 8.36. The van der Waals surface area contributed by atoms with E-state index in [4.69, 9.17) is 5.73 Å². The zero-order chi connectivity index (χ0) is 21.3. The standard InChI is InChI=1S/C22H16FN5OS/c1-13-16(12-26-28(13)14-7-3-2-4-8-14)20(29)21-19(25)15(11-24)22(30-21)27-18-10-6-5-9-17(18)23/h2-10,12,27H,25H2,1H3. The number of rotatable bonds is 5. The SMILES string of the molecule is Cc1c(C(=O)c2sc(Nc3ccccc3F)c(C#N)c2N)cnn1-c1ccccc1. The normalized spacial score (nSPS) is 10.6. The Morgan fingerprint density at radius 2 is 1.90 bits per heavy atom. The Labute approximate surface area is 176 Å². The summed E-state index contributed by atoms with van der Waals surface area (Å²) >= 11 is 1.02. The number of nitrogen functional groups attached to an aromatic ring is 1. The molecule has 0 aliphatic carbocycles. The van der Waals surface area contributed by atoms with Gasteiger partial charge in [0.15, 0.2) is 0 Å². The van der Waals surface area contributed by atoms with E-state index in [1.165, 1.54) is 12.3 Å². The molecule has 0 fully saturated rings. The highest BCUT2D eigenvalue weighted by Gasteiger charge is 2.25. The van der Waals surface area contributed by atoms with Crippen molar-refractivity contribution in [3.05, 3.63) is 88.3 Å². The molecule has 0 amide bonds. The van der Waals surface area contributed by atoms with Gasteiger partial charge in [0, 0.05) is 0 Å². The van der Waals surface area contributed by atoms with Crippen LogP contribution in [0.15, 0.2) is 60.8 Å². The molecule has 148 valence electrons. The smallest absolute Gasteiger partial charge is 0.208 e. The topological polar surface area (TPSA) is 96.7 Å². The van der Waals surface area contributed by atoms with Gasteiger partial charge in [0.2, 0.25) is 5.78 Å². The molecule has 4 aromatic rings. The molecule has 2 aromatic carbocycles. The van der Waals surface area contributed by atoms with Crippen molar-refractivity contribution in [1.82, 2.24) is 9.78 Å². The Morgan fingerprint density at radius 1 is 1.20 bits per heavy atom. The second-order valence-electron chi connectivity index (χ2n) is 6.49. The van der Waals surface area contributed by atoms with Crippen LogP contribution in [-0.4, -0.2) is 15.6 Å². The minimum atomic E-state index is -0.471. The quantitative estimate of drug-likeness (QED) is 0.454. The van der Waals surface area contributed by atoms with Crippen molar-refractivity contribution in [3.8, 4) is 11.8 Å².